The van der Waals surface area contributed by atoms with E-state index in [2.05, 4.69) is 5.32 Å². The second kappa shape index (κ2) is 8.83. The van der Waals surface area contributed by atoms with E-state index in [9.17, 15) is 23.3 Å². The quantitative estimate of drug-likeness (QED) is 0.528. The third-order valence-corrected chi connectivity index (χ3v) is 5.17. The lowest BCUT2D eigenvalue weighted by Crippen LogP contribution is -2.31. The molecule has 27 heavy (non-hydrogen) atoms. The Morgan fingerprint density at radius 1 is 1.22 bits per heavy atom. The van der Waals surface area contributed by atoms with Crippen molar-refractivity contribution in [3.8, 4) is 0 Å². The lowest BCUT2D eigenvalue weighted by molar-refractivity contribution is -0.384. The summed E-state index contributed by atoms with van der Waals surface area (Å²) in [6.45, 7) is 0.00986. The monoisotopic (exact) mass is 411 g/mol. The first-order valence-corrected chi connectivity index (χ1v) is 10.2. The maximum absolute atomic E-state index is 12.1. The second-order valence-corrected chi connectivity index (χ2v) is 8.06. The van der Waals surface area contributed by atoms with E-state index in [1.165, 1.54) is 24.3 Å². The molecule has 10 heteroatoms. The molecule has 2 aromatic carbocycles. The SMILES string of the molecule is CS(=O)(=O)N(CCCC(=O)Nc1ccccc1Cl)c1cccc([N+](=O)[O-])c1. The predicted molar refractivity (Wildman–Crippen MR) is 105 cm³/mol. The van der Waals surface area contributed by atoms with Crippen LogP contribution in [-0.4, -0.2) is 32.0 Å². The fourth-order valence-electron chi connectivity index (χ4n) is 2.41. The highest BCUT2D eigenvalue weighted by molar-refractivity contribution is 7.92. The van der Waals surface area contributed by atoms with Crippen LogP contribution < -0.4 is 9.62 Å². The van der Waals surface area contributed by atoms with Crippen molar-refractivity contribution in [1.82, 2.24) is 0 Å². The molecule has 0 heterocycles. The van der Waals surface area contributed by atoms with E-state index in [1.54, 1.807) is 24.3 Å². The largest absolute Gasteiger partial charge is 0.325 e. The minimum atomic E-state index is -3.67. The summed E-state index contributed by atoms with van der Waals surface area (Å²) >= 11 is 5.98. The molecule has 0 atom stereocenters. The standard InChI is InChI=1S/C17H18ClN3O5S/c1-27(25,26)20(13-6-4-7-14(12-13)21(23)24)11-5-10-17(22)19-16-9-3-2-8-15(16)18/h2-4,6-9,12H,5,10-11H2,1H3,(H,19,22). The zero-order valence-corrected chi connectivity index (χ0v) is 16.0. The van der Waals surface area contributed by atoms with Crippen molar-refractivity contribution >= 4 is 44.6 Å². The summed E-state index contributed by atoms with van der Waals surface area (Å²) in [7, 11) is -3.67. The molecule has 1 N–H and O–H groups in total. The van der Waals surface area contributed by atoms with Crippen molar-refractivity contribution in [3.63, 3.8) is 0 Å². The number of halogens is 1. The van der Waals surface area contributed by atoms with E-state index in [0.717, 1.165) is 10.6 Å². The number of non-ortho nitro benzene ring substituents is 1. The Bertz CT molecular complexity index is 949. The van der Waals surface area contributed by atoms with Gasteiger partial charge >= 0.3 is 0 Å². The van der Waals surface area contributed by atoms with Gasteiger partial charge in [0.25, 0.3) is 5.69 Å². The number of hydrogen-bond acceptors (Lipinski definition) is 5. The Morgan fingerprint density at radius 3 is 2.56 bits per heavy atom. The number of nitro benzene ring substituents is 1. The van der Waals surface area contributed by atoms with Gasteiger partial charge in [0.2, 0.25) is 15.9 Å². The van der Waals surface area contributed by atoms with Crippen LogP contribution in [0, 0.1) is 10.1 Å². The molecular formula is C17H18ClN3O5S. The Hall–Kier alpha value is -2.65. The number of nitrogens with zero attached hydrogens (tertiary/aromatic N) is 2. The highest BCUT2D eigenvalue weighted by Crippen LogP contribution is 2.24. The Morgan fingerprint density at radius 2 is 1.93 bits per heavy atom. The van der Waals surface area contributed by atoms with Gasteiger partial charge in [-0.05, 0) is 24.6 Å². The van der Waals surface area contributed by atoms with Crippen LogP contribution in [-0.2, 0) is 14.8 Å². The van der Waals surface area contributed by atoms with E-state index in [4.69, 9.17) is 11.6 Å². The number of carbonyl (C=O) groups excluding carboxylic acids is 1. The highest BCUT2D eigenvalue weighted by Gasteiger charge is 2.20. The highest BCUT2D eigenvalue weighted by atomic mass is 35.5. The molecule has 0 radical (unpaired) electrons. The third kappa shape index (κ3) is 5.93. The average Bonchev–Trinajstić information content (AvgIpc) is 2.59. The average molecular weight is 412 g/mol. The maximum atomic E-state index is 12.1. The normalized spacial score (nSPS) is 11.0. The van der Waals surface area contributed by atoms with Gasteiger partial charge in [-0.1, -0.05) is 29.8 Å². The molecule has 2 aromatic rings. The van der Waals surface area contributed by atoms with Crippen molar-refractivity contribution in [2.45, 2.75) is 12.8 Å². The number of amides is 1. The minimum Gasteiger partial charge on any atom is -0.325 e. The first-order chi connectivity index (χ1) is 12.7. The van der Waals surface area contributed by atoms with E-state index in [-0.39, 0.29) is 36.7 Å². The summed E-state index contributed by atoms with van der Waals surface area (Å²) < 4.78 is 25.2. The minimum absolute atomic E-state index is 0.00986. The summed E-state index contributed by atoms with van der Waals surface area (Å²) in [6.07, 6.45) is 1.30. The number of hydrogen-bond donors (Lipinski definition) is 1. The number of carbonyl (C=O) groups is 1. The number of anilines is 2. The number of nitrogens with one attached hydrogen (secondary N) is 1. The summed E-state index contributed by atoms with van der Waals surface area (Å²) in [5, 5.41) is 14.0. The van der Waals surface area contributed by atoms with E-state index in [1.807, 2.05) is 0 Å². The van der Waals surface area contributed by atoms with Gasteiger partial charge in [0, 0.05) is 25.1 Å². The van der Waals surface area contributed by atoms with Crippen LogP contribution in [0.5, 0.6) is 0 Å². The van der Waals surface area contributed by atoms with Gasteiger partial charge in [0.15, 0.2) is 0 Å². The molecule has 0 bridgehead atoms. The molecule has 0 unspecified atom stereocenters. The zero-order chi connectivity index (χ0) is 20.0. The van der Waals surface area contributed by atoms with E-state index < -0.39 is 14.9 Å². The molecule has 0 fully saturated rings. The van der Waals surface area contributed by atoms with Crippen molar-refractivity contribution in [3.05, 3.63) is 63.7 Å². The molecule has 0 aliphatic heterocycles. The van der Waals surface area contributed by atoms with Crippen LogP contribution in [0.3, 0.4) is 0 Å². The van der Waals surface area contributed by atoms with E-state index >= 15 is 0 Å². The number of rotatable bonds is 8. The second-order valence-electron chi connectivity index (χ2n) is 5.74. The maximum Gasteiger partial charge on any atom is 0.271 e. The molecule has 8 nitrogen and oxygen atoms in total. The lowest BCUT2D eigenvalue weighted by Gasteiger charge is -2.22. The van der Waals surface area contributed by atoms with Gasteiger partial charge in [0.1, 0.15) is 0 Å². The first kappa shape index (κ1) is 20.7. The summed E-state index contributed by atoms with van der Waals surface area (Å²) in [4.78, 5) is 22.4. The first-order valence-electron chi connectivity index (χ1n) is 7.95. The van der Waals surface area contributed by atoms with Crippen molar-refractivity contribution < 1.29 is 18.1 Å². The van der Waals surface area contributed by atoms with Crippen LogP contribution in [0.25, 0.3) is 0 Å². The summed E-state index contributed by atoms with van der Waals surface area (Å²) in [5.74, 6) is -0.310. The molecule has 0 saturated heterocycles. The Kier molecular flexibility index (Phi) is 6.75. The third-order valence-electron chi connectivity index (χ3n) is 3.64. The van der Waals surface area contributed by atoms with Gasteiger partial charge < -0.3 is 5.32 Å². The zero-order valence-electron chi connectivity index (χ0n) is 14.5. The van der Waals surface area contributed by atoms with Gasteiger partial charge in [-0.15, -0.1) is 0 Å². The van der Waals surface area contributed by atoms with Gasteiger partial charge in [-0.2, -0.15) is 0 Å². The fraction of sp³-hybridized carbons (Fsp3) is 0.235. The van der Waals surface area contributed by atoms with Crippen LogP contribution in [0.4, 0.5) is 17.1 Å². The molecule has 2 rings (SSSR count). The molecule has 0 aliphatic carbocycles. The van der Waals surface area contributed by atoms with Gasteiger partial charge in [-0.25, -0.2) is 8.42 Å². The molecule has 144 valence electrons. The summed E-state index contributed by atoms with van der Waals surface area (Å²) in [5.41, 5.74) is 0.443. The van der Waals surface area contributed by atoms with Crippen molar-refractivity contribution in [2.24, 2.45) is 0 Å². The smallest absolute Gasteiger partial charge is 0.271 e. The van der Waals surface area contributed by atoms with Crippen LogP contribution in [0.15, 0.2) is 48.5 Å². The van der Waals surface area contributed by atoms with Crippen LogP contribution in [0.2, 0.25) is 5.02 Å². The lowest BCUT2D eigenvalue weighted by atomic mass is 10.2. The Balaban J connectivity index is 2.03. The molecule has 0 aromatic heterocycles. The molecular weight excluding hydrogens is 394 g/mol. The molecule has 0 spiro atoms. The number of para-hydroxylation sites is 1. The van der Waals surface area contributed by atoms with Crippen LogP contribution >= 0.6 is 11.6 Å². The summed E-state index contributed by atoms with van der Waals surface area (Å²) in [6, 6.07) is 12.1. The van der Waals surface area contributed by atoms with Gasteiger partial charge in [-0.3, -0.25) is 19.2 Å². The predicted octanol–water partition coefficient (Wildman–Crippen LogP) is 3.43. The van der Waals surface area contributed by atoms with Gasteiger partial charge in [0.05, 0.1) is 27.6 Å². The number of sulfonamides is 1. The number of benzene rings is 2. The van der Waals surface area contributed by atoms with Crippen molar-refractivity contribution in [1.29, 1.82) is 0 Å². The topological polar surface area (TPSA) is 110 Å². The fourth-order valence-corrected chi connectivity index (χ4v) is 3.55. The van der Waals surface area contributed by atoms with Crippen molar-refractivity contribution in [2.75, 3.05) is 22.4 Å². The molecule has 1 amide bonds. The Labute approximate surface area is 162 Å². The van der Waals surface area contributed by atoms with Crippen LogP contribution in [0.1, 0.15) is 12.8 Å². The van der Waals surface area contributed by atoms with E-state index in [0.29, 0.717) is 10.7 Å². The number of nitro groups is 1. The molecule has 0 saturated carbocycles. The molecule has 0 aliphatic rings.